The largest absolute Gasteiger partial charge is 0.271 e. The maximum absolute atomic E-state index is 13.2. The summed E-state index contributed by atoms with van der Waals surface area (Å²) in [6.07, 6.45) is 3.14. The van der Waals surface area contributed by atoms with Crippen molar-refractivity contribution in [1.29, 1.82) is 0 Å². The zero-order valence-electron chi connectivity index (χ0n) is 10.5. The molecule has 5 heteroatoms. The standard InChI is InChI=1S/C14H15F2N3/c1-9-2-3-12(15)4-10(9)6-14(19-17)11-5-13(16)8-18-7-11/h2-5,7-8,14,19H,6,17H2,1H3. The van der Waals surface area contributed by atoms with Gasteiger partial charge < -0.3 is 0 Å². The summed E-state index contributed by atoms with van der Waals surface area (Å²) in [4.78, 5) is 3.79. The Labute approximate surface area is 110 Å². The van der Waals surface area contributed by atoms with E-state index in [1.807, 2.05) is 6.92 Å². The van der Waals surface area contributed by atoms with Crippen molar-refractivity contribution < 1.29 is 8.78 Å². The molecule has 0 radical (unpaired) electrons. The molecule has 2 rings (SSSR count). The molecule has 0 amide bonds. The zero-order chi connectivity index (χ0) is 13.8. The lowest BCUT2D eigenvalue weighted by atomic mass is 9.97. The summed E-state index contributed by atoms with van der Waals surface area (Å²) in [5.74, 6) is 4.78. The van der Waals surface area contributed by atoms with Gasteiger partial charge in [0.05, 0.1) is 12.2 Å². The van der Waals surface area contributed by atoms with E-state index in [9.17, 15) is 8.78 Å². The molecule has 0 aliphatic heterocycles. The Balaban J connectivity index is 2.26. The van der Waals surface area contributed by atoms with Crippen LogP contribution in [-0.2, 0) is 6.42 Å². The first-order chi connectivity index (χ1) is 9.10. The van der Waals surface area contributed by atoms with Gasteiger partial charge in [-0.15, -0.1) is 0 Å². The van der Waals surface area contributed by atoms with Gasteiger partial charge in [-0.2, -0.15) is 0 Å². The van der Waals surface area contributed by atoms with Crippen LogP contribution in [0.15, 0.2) is 36.7 Å². The molecule has 1 aromatic heterocycles. The molecule has 0 spiro atoms. The number of nitrogens with zero attached hydrogens (tertiary/aromatic N) is 1. The number of pyridine rings is 1. The van der Waals surface area contributed by atoms with Crippen LogP contribution in [0.4, 0.5) is 8.78 Å². The quantitative estimate of drug-likeness (QED) is 0.658. The van der Waals surface area contributed by atoms with E-state index < -0.39 is 5.82 Å². The lowest BCUT2D eigenvalue weighted by Crippen LogP contribution is -2.30. The van der Waals surface area contributed by atoms with E-state index >= 15 is 0 Å². The number of rotatable bonds is 4. The van der Waals surface area contributed by atoms with Gasteiger partial charge in [0.1, 0.15) is 11.6 Å². The summed E-state index contributed by atoms with van der Waals surface area (Å²) >= 11 is 0. The molecule has 1 heterocycles. The van der Waals surface area contributed by atoms with Crippen LogP contribution in [0, 0.1) is 18.6 Å². The van der Waals surface area contributed by atoms with Crippen LogP contribution >= 0.6 is 0 Å². The molecule has 3 nitrogen and oxygen atoms in total. The number of hydrazine groups is 1. The van der Waals surface area contributed by atoms with E-state index in [0.717, 1.165) is 17.3 Å². The van der Waals surface area contributed by atoms with E-state index in [2.05, 4.69) is 10.4 Å². The van der Waals surface area contributed by atoms with Crippen LogP contribution in [0.5, 0.6) is 0 Å². The highest BCUT2D eigenvalue weighted by molar-refractivity contribution is 5.29. The first-order valence-corrected chi connectivity index (χ1v) is 5.91. The Hall–Kier alpha value is -1.85. The third kappa shape index (κ3) is 3.33. The Kier molecular flexibility index (Phi) is 4.19. The third-order valence-electron chi connectivity index (χ3n) is 3.06. The Morgan fingerprint density at radius 3 is 2.68 bits per heavy atom. The summed E-state index contributed by atoms with van der Waals surface area (Å²) in [6, 6.07) is 5.64. The monoisotopic (exact) mass is 263 g/mol. The number of nitrogens with two attached hydrogens (primary N) is 1. The molecule has 1 unspecified atom stereocenters. The van der Waals surface area contributed by atoms with Gasteiger partial charge in [-0.05, 0) is 48.2 Å². The van der Waals surface area contributed by atoms with Gasteiger partial charge in [-0.3, -0.25) is 16.3 Å². The van der Waals surface area contributed by atoms with E-state index in [1.165, 1.54) is 18.2 Å². The van der Waals surface area contributed by atoms with Crippen molar-refractivity contribution in [1.82, 2.24) is 10.4 Å². The average Bonchev–Trinajstić information content (AvgIpc) is 2.39. The summed E-state index contributed by atoms with van der Waals surface area (Å²) in [7, 11) is 0. The summed E-state index contributed by atoms with van der Waals surface area (Å²) in [5.41, 5.74) is 5.03. The van der Waals surface area contributed by atoms with Crippen molar-refractivity contribution >= 4 is 0 Å². The van der Waals surface area contributed by atoms with Gasteiger partial charge in [0.15, 0.2) is 0 Å². The second-order valence-corrected chi connectivity index (χ2v) is 4.43. The van der Waals surface area contributed by atoms with Crippen LogP contribution in [0.25, 0.3) is 0 Å². The lowest BCUT2D eigenvalue weighted by molar-refractivity contribution is 0.537. The fourth-order valence-corrected chi connectivity index (χ4v) is 1.97. The van der Waals surface area contributed by atoms with E-state index in [-0.39, 0.29) is 11.9 Å². The maximum Gasteiger partial charge on any atom is 0.141 e. The highest BCUT2D eigenvalue weighted by Gasteiger charge is 2.13. The molecular weight excluding hydrogens is 248 g/mol. The molecule has 100 valence electrons. The molecule has 19 heavy (non-hydrogen) atoms. The van der Waals surface area contributed by atoms with Crippen LogP contribution in [0.2, 0.25) is 0 Å². The second-order valence-electron chi connectivity index (χ2n) is 4.43. The second kappa shape index (κ2) is 5.86. The van der Waals surface area contributed by atoms with Crippen molar-refractivity contribution in [2.45, 2.75) is 19.4 Å². The topological polar surface area (TPSA) is 50.9 Å². The Morgan fingerprint density at radius 2 is 2.00 bits per heavy atom. The first kappa shape index (κ1) is 13.6. The SMILES string of the molecule is Cc1ccc(F)cc1CC(NN)c1cncc(F)c1. The highest BCUT2D eigenvalue weighted by Crippen LogP contribution is 2.20. The molecule has 3 N–H and O–H groups in total. The van der Waals surface area contributed by atoms with Gasteiger partial charge in [0.25, 0.3) is 0 Å². The minimum atomic E-state index is -0.422. The van der Waals surface area contributed by atoms with Crippen molar-refractivity contribution in [3.63, 3.8) is 0 Å². The normalized spacial score (nSPS) is 12.4. The maximum atomic E-state index is 13.2. The minimum absolute atomic E-state index is 0.297. The van der Waals surface area contributed by atoms with Gasteiger partial charge in [-0.1, -0.05) is 6.07 Å². The summed E-state index contributed by atoms with van der Waals surface area (Å²) in [5, 5.41) is 0. The molecule has 0 saturated heterocycles. The predicted octanol–water partition coefficient (Wildman–Crippen LogP) is 2.42. The van der Waals surface area contributed by atoms with Gasteiger partial charge >= 0.3 is 0 Å². The number of hydrogen-bond donors (Lipinski definition) is 2. The molecule has 0 bridgehead atoms. The van der Waals surface area contributed by atoms with Crippen molar-refractivity contribution in [3.05, 3.63) is 65.0 Å². The fourth-order valence-electron chi connectivity index (χ4n) is 1.97. The number of hydrogen-bond acceptors (Lipinski definition) is 3. The first-order valence-electron chi connectivity index (χ1n) is 5.91. The number of nitrogens with one attached hydrogen (secondary N) is 1. The average molecular weight is 263 g/mol. The molecular formula is C14H15F2N3. The van der Waals surface area contributed by atoms with Crippen LogP contribution in [0.1, 0.15) is 22.7 Å². The van der Waals surface area contributed by atoms with E-state index in [4.69, 9.17) is 5.84 Å². The third-order valence-corrected chi connectivity index (χ3v) is 3.06. The number of benzene rings is 1. The van der Waals surface area contributed by atoms with Crippen molar-refractivity contribution in [3.8, 4) is 0 Å². The fraction of sp³-hybridized carbons (Fsp3) is 0.214. The van der Waals surface area contributed by atoms with Gasteiger partial charge in [0, 0.05) is 6.20 Å². The molecule has 2 aromatic rings. The van der Waals surface area contributed by atoms with E-state index in [0.29, 0.717) is 12.0 Å². The number of halogens is 2. The Morgan fingerprint density at radius 1 is 1.21 bits per heavy atom. The summed E-state index contributed by atoms with van der Waals surface area (Å²) < 4.78 is 26.4. The van der Waals surface area contributed by atoms with Gasteiger partial charge in [-0.25, -0.2) is 8.78 Å². The number of aromatic nitrogens is 1. The van der Waals surface area contributed by atoms with Crippen LogP contribution in [-0.4, -0.2) is 4.98 Å². The molecule has 1 atom stereocenters. The van der Waals surface area contributed by atoms with Crippen LogP contribution in [0.3, 0.4) is 0 Å². The minimum Gasteiger partial charge on any atom is -0.271 e. The highest BCUT2D eigenvalue weighted by atomic mass is 19.1. The molecule has 0 aliphatic rings. The number of aryl methyl sites for hydroxylation is 1. The van der Waals surface area contributed by atoms with Gasteiger partial charge in [0.2, 0.25) is 0 Å². The Bertz CT molecular complexity index is 572. The smallest absolute Gasteiger partial charge is 0.141 e. The predicted molar refractivity (Wildman–Crippen MR) is 69.1 cm³/mol. The van der Waals surface area contributed by atoms with Crippen molar-refractivity contribution in [2.24, 2.45) is 5.84 Å². The molecule has 1 aromatic carbocycles. The molecule has 0 aliphatic carbocycles. The van der Waals surface area contributed by atoms with E-state index in [1.54, 1.807) is 12.3 Å². The van der Waals surface area contributed by atoms with Crippen molar-refractivity contribution in [2.75, 3.05) is 0 Å². The molecule has 0 fully saturated rings. The molecule has 0 saturated carbocycles. The van der Waals surface area contributed by atoms with Crippen LogP contribution < -0.4 is 11.3 Å². The summed E-state index contributed by atoms with van der Waals surface area (Å²) in [6.45, 7) is 1.90. The zero-order valence-corrected chi connectivity index (χ0v) is 10.5. The lowest BCUT2D eigenvalue weighted by Gasteiger charge is -2.17.